The Morgan fingerprint density at radius 1 is 1.32 bits per heavy atom. The van der Waals surface area contributed by atoms with Crippen molar-refractivity contribution in [3.63, 3.8) is 0 Å². The molecule has 0 fully saturated rings. The van der Waals surface area contributed by atoms with Crippen LogP contribution >= 0.6 is 0 Å². The summed E-state index contributed by atoms with van der Waals surface area (Å²) in [5.74, 6) is 0. The van der Waals surface area contributed by atoms with Crippen LogP contribution in [0.25, 0.3) is 11.2 Å². The van der Waals surface area contributed by atoms with Crippen molar-refractivity contribution in [1.29, 1.82) is 0 Å². The molecule has 4 N–H and O–H groups in total. The molecule has 0 saturated carbocycles. The second kappa shape index (κ2) is 4.96. The molecule has 0 aliphatic heterocycles. The van der Waals surface area contributed by atoms with Gasteiger partial charge in [0, 0.05) is 13.5 Å². The number of H-pyrrole nitrogens is 1. The van der Waals surface area contributed by atoms with E-state index in [9.17, 15) is 14.7 Å². The summed E-state index contributed by atoms with van der Waals surface area (Å²) in [6.45, 7) is 0. The predicted molar refractivity (Wildman–Crippen MR) is 64.3 cm³/mol. The molecular formula is C10H14N4O5. The Kier molecular flexibility index (Phi) is 3.51. The van der Waals surface area contributed by atoms with Crippen LogP contribution in [0.5, 0.6) is 0 Å². The summed E-state index contributed by atoms with van der Waals surface area (Å²) in [4.78, 5) is 30.5. The number of imidazole rings is 1. The zero-order valence-corrected chi connectivity index (χ0v) is 10.1. The average Bonchev–Trinajstić information content (AvgIpc) is 2.83. The van der Waals surface area contributed by atoms with Crippen LogP contribution in [-0.2, 0) is 7.05 Å². The van der Waals surface area contributed by atoms with E-state index >= 15 is 0 Å². The second-order valence-corrected chi connectivity index (χ2v) is 4.16. The lowest BCUT2D eigenvalue weighted by atomic mass is 10.2. The average molecular weight is 270 g/mol. The Balaban J connectivity index is 2.54. The van der Waals surface area contributed by atoms with E-state index in [2.05, 4.69) is 9.97 Å². The third kappa shape index (κ3) is 2.30. The number of rotatable bonds is 4. The molecule has 104 valence electrons. The van der Waals surface area contributed by atoms with Crippen molar-refractivity contribution in [2.24, 2.45) is 7.05 Å². The highest BCUT2D eigenvalue weighted by Crippen LogP contribution is 2.08. The van der Waals surface area contributed by atoms with Crippen molar-refractivity contribution in [2.75, 3.05) is 0 Å². The number of aryl methyl sites for hydroxylation is 1. The van der Waals surface area contributed by atoms with Gasteiger partial charge in [-0.2, -0.15) is 0 Å². The SMILES string of the molecule is Cn1c(=O)n(C(O)CCC(O)O)c(=O)c2[nH]cnc21. The monoisotopic (exact) mass is 270 g/mol. The van der Waals surface area contributed by atoms with Gasteiger partial charge in [-0.25, -0.2) is 14.3 Å². The minimum atomic E-state index is -1.61. The van der Waals surface area contributed by atoms with Crippen LogP contribution in [0.3, 0.4) is 0 Å². The number of hydrogen-bond donors (Lipinski definition) is 4. The van der Waals surface area contributed by atoms with E-state index < -0.39 is 23.8 Å². The summed E-state index contributed by atoms with van der Waals surface area (Å²) in [7, 11) is 1.43. The molecule has 1 unspecified atom stereocenters. The van der Waals surface area contributed by atoms with Gasteiger partial charge >= 0.3 is 5.69 Å². The maximum atomic E-state index is 12.0. The molecule has 0 amide bonds. The Labute approximate surface area is 106 Å². The molecule has 0 aliphatic carbocycles. The lowest BCUT2D eigenvalue weighted by molar-refractivity contribution is -0.0587. The third-order valence-electron chi connectivity index (χ3n) is 2.84. The van der Waals surface area contributed by atoms with E-state index in [1.165, 1.54) is 13.4 Å². The van der Waals surface area contributed by atoms with Gasteiger partial charge in [0.15, 0.2) is 11.9 Å². The summed E-state index contributed by atoms with van der Waals surface area (Å²) in [5.41, 5.74) is -1.12. The number of aliphatic hydroxyl groups is 3. The smallest absolute Gasteiger partial charge is 0.334 e. The van der Waals surface area contributed by atoms with E-state index in [-0.39, 0.29) is 24.0 Å². The van der Waals surface area contributed by atoms with Crippen LogP contribution in [0.2, 0.25) is 0 Å². The number of nitrogens with zero attached hydrogens (tertiary/aromatic N) is 3. The molecule has 0 aromatic carbocycles. The highest BCUT2D eigenvalue weighted by molar-refractivity contribution is 5.68. The highest BCUT2D eigenvalue weighted by Gasteiger charge is 2.18. The zero-order chi connectivity index (χ0) is 14.2. The first-order valence-corrected chi connectivity index (χ1v) is 5.62. The minimum Gasteiger partial charge on any atom is -0.373 e. The Morgan fingerprint density at radius 2 is 2.00 bits per heavy atom. The molecule has 0 radical (unpaired) electrons. The largest absolute Gasteiger partial charge is 0.373 e. The molecule has 2 rings (SSSR count). The van der Waals surface area contributed by atoms with Gasteiger partial charge in [0.25, 0.3) is 5.56 Å². The van der Waals surface area contributed by atoms with Gasteiger partial charge in [-0.3, -0.25) is 9.36 Å². The molecule has 2 aromatic heterocycles. The number of aromatic amines is 1. The summed E-state index contributed by atoms with van der Waals surface area (Å²) in [5, 5.41) is 27.3. The van der Waals surface area contributed by atoms with Crippen LogP contribution in [0, 0.1) is 0 Å². The molecule has 0 saturated heterocycles. The zero-order valence-electron chi connectivity index (χ0n) is 10.1. The molecular weight excluding hydrogens is 256 g/mol. The first-order valence-electron chi connectivity index (χ1n) is 5.62. The summed E-state index contributed by atoms with van der Waals surface area (Å²) in [6, 6.07) is 0. The molecule has 0 aliphatic rings. The highest BCUT2D eigenvalue weighted by atomic mass is 16.5. The molecule has 9 nitrogen and oxygen atoms in total. The summed E-state index contributed by atoms with van der Waals surface area (Å²) in [6.07, 6.45) is -2.05. The van der Waals surface area contributed by atoms with Crippen LogP contribution in [-0.4, -0.2) is 40.7 Å². The van der Waals surface area contributed by atoms with Crippen LogP contribution < -0.4 is 11.2 Å². The van der Waals surface area contributed by atoms with Crippen molar-refractivity contribution in [2.45, 2.75) is 25.4 Å². The number of aromatic nitrogens is 4. The first-order chi connectivity index (χ1) is 8.93. The number of hydrogen-bond acceptors (Lipinski definition) is 6. The fourth-order valence-electron chi connectivity index (χ4n) is 1.85. The Morgan fingerprint density at radius 3 is 2.63 bits per heavy atom. The standard InChI is InChI=1S/C10H14N4O5/c1-13-8-7(11-4-12-8)9(18)14(10(13)19)5(15)2-3-6(16)17/h4-6,15-17H,2-3H2,1H3,(H,11,12). The van der Waals surface area contributed by atoms with E-state index in [1.807, 2.05) is 0 Å². The van der Waals surface area contributed by atoms with Gasteiger partial charge in [-0.15, -0.1) is 0 Å². The molecule has 2 aromatic rings. The lowest BCUT2D eigenvalue weighted by Gasteiger charge is -2.14. The molecule has 19 heavy (non-hydrogen) atoms. The maximum absolute atomic E-state index is 12.0. The second-order valence-electron chi connectivity index (χ2n) is 4.16. The summed E-state index contributed by atoms with van der Waals surface area (Å²) >= 11 is 0. The van der Waals surface area contributed by atoms with Crippen molar-refractivity contribution in [1.82, 2.24) is 19.1 Å². The quantitative estimate of drug-likeness (QED) is 0.475. The van der Waals surface area contributed by atoms with Crippen molar-refractivity contribution < 1.29 is 15.3 Å². The van der Waals surface area contributed by atoms with E-state index in [1.54, 1.807) is 0 Å². The van der Waals surface area contributed by atoms with Crippen LogP contribution in [0.1, 0.15) is 19.1 Å². The third-order valence-corrected chi connectivity index (χ3v) is 2.84. The molecule has 0 spiro atoms. The molecule has 0 bridgehead atoms. The lowest BCUT2D eigenvalue weighted by Crippen LogP contribution is -2.41. The van der Waals surface area contributed by atoms with Crippen LogP contribution in [0.4, 0.5) is 0 Å². The first kappa shape index (κ1) is 13.5. The number of fused-ring (bicyclic) bond motifs is 1. The Hall–Kier alpha value is -1.97. The number of aliphatic hydroxyl groups excluding tert-OH is 2. The predicted octanol–water partition coefficient (Wildman–Crippen LogP) is -1.99. The van der Waals surface area contributed by atoms with E-state index in [4.69, 9.17) is 10.2 Å². The van der Waals surface area contributed by atoms with E-state index in [0.29, 0.717) is 4.57 Å². The van der Waals surface area contributed by atoms with Crippen molar-refractivity contribution in [3.8, 4) is 0 Å². The number of nitrogens with one attached hydrogen (secondary N) is 1. The van der Waals surface area contributed by atoms with Gasteiger partial charge in [0.1, 0.15) is 11.7 Å². The van der Waals surface area contributed by atoms with Gasteiger partial charge in [-0.1, -0.05) is 0 Å². The molecule has 2 heterocycles. The van der Waals surface area contributed by atoms with Gasteiger partial charge in [0.05, 0.1) is 6.33 Å². The van der Waals surface area contributed by atoms with Gasteiger partial charge < -0.3 is 20.3 Å². The van der Waals surface area contributed by atoms with Gasteiger partial charge in [-0.05, 0) is 6.42 Å². The molecule has 9 heteroatoms. The van der Waals surface area contributed by atoms with Crippen molar-refractivity contribution in [3.05, 3.63) is 27.2 Å². The summed E-state index contributed by atoms with van der Waals surface area (Å²) < 4.78 is 1.79. The topological polar surface area (TPSA) is 133 Å². The minimum absolute atomic E-state index is 0.102. The van der Waals surface area contributed by atoms with Gasteiger partial charge in [0.2, 0.25) is 0 Å². The molecule has 1 atom stereocenters. The fraction of sp³-hybridized carbons (Fsp3) is 0.500. The van der Waals surface area contributed by atoms with Crippen LogP contribution in [0.15, 0.2) is 15.9 Å². The van der Waals surface area contributed by atoms with Crippen molar-refractivity contribution >= 4 is 11.2 Å². The fourth-order valence-corrected chi connectivity index (χ4v) is 1.85. The maximum Gasteiger partial charge on any atom is 0.334 e. The van der Waals surface area contributed by atoms with E-state index in [0.717, 1.165) is 4.57 Å². The normalized spacial score (nSPS) is 13.3. The Bertz CT molecular complexity index is 698.